The molecule has 0 atom stereocenters. The molecule has 0 aliphatic rings. The molecule has 1 aromatic heterocycles. The Kier molecular flexibility index (Phi) is 4.24. The van der Waals surface area contributed by atoms with Gasteiger partial charge in [0.2, 0.25) is 0 Å². The maximum atomic E-state index is 12.0. The van der Waals surface area contributed by atoms with Crippen molar-refractivity contribution in [2.45, 2.75) is 45.7 Å². The number of hydrogen-bond acceptors (Lipinski definition) is 3. The van der Waals surface area contributed by atoms with Crippen molar-refractivity contribution >= 4 is 5.78 Å². The molecule has 0 spiro atoms. The molecule has 4 heteroatoms. The summed E-state index contributed by atoms with van der Waals surface area (Å²) in [6.07, 6.45) is 5.12. The van der Waals surface area contributed by atoms with Crippen LogP contribution in [0.5, 0.6) is 0 Å². The monoisotopic (exact) mass is 223 g/mol. The quantitative estimate of drug-likeness (QED) is 0.793. The topological polar surface area (TPSA) is 46.9 Å². The largest absolute Gasteiger partial charge is 0.335 e. The Bertz CT molecular complexity index is 355. The van der Waals surface area contributed by atoms with E-state index in [9.17, 15) is 4.79 Å². The van der Waals surface area contributed by atoms with Crippen molar-refractivity contribution in [1.29, 1.82) is 0 Å². The summed E-state index contributed by atoms with van der Waals surface area (Å²) < 4.78 is 2.05. The van der Waals surface area contributed by atoms with Crippen LogP contribution >= 0.6 is 0 Å². The molecule has 0 aliphatic heterocycles. The number of rotatable bonds is 6. The number of ketones is 1. The van der Waals surface area contributed by atoms with E-state index in [1.165, 1.54) is 0 Å². The van der Waals surface area contributed by atoms with Gasteiger partial charge in [0, 0.05) is 18.9 Å². The van der Waals surface area contributed by atoms with E-state index in [2.05, 4.69) is 17.2 Å². The summed E-state index contributed by atoms with van der Waals surface area (Å²) in [4.78, 5) is 16.2. The van der Waals surface area contributed by atoms with Crippen LogP contribution in [0.4, 0.5) is 0 Å². The van der Waals surface area contributed by atoms with Crippen LogP contribution in [0.3, 0.4) is 0 Å². The molecule has 1 aromatic rings. The zero-order valence-corrected chi connectivity index (χ0v) is 10.6. The van der Waals surface area contributed by atoms with Crippen LogP contribution in [0, 0.1) is 0 Å². The first kappa shape index (κ1) is 12.9. The van der Waals surface area contributed by atoms with Gasteiger partial charge in [-0.3, -0.25) is 4.79 Å². The maximum Gasteiger partial charge on any atom is 0.159 e. The second-order valence-electron chi connectivity index (χ2n) is 4.51. The van der Waals surface area contributed by atoms with Gasteiger partial charge in [0.15, 0.2) is 5.78 Å². The minimum absolute atomic E-state index is 0.165. The first-order chi connectivity index (χ1) is 7.51. The number of hydrogen-bond donors (Lipinski definition) is 1. The van der Waals surface area contributed by atoms with Crippen molar-refractivity contribution in [3.05, 3.63) is 18.2 Å². The SMILES string of the molecule is CCCn1ccnc1CC(=O)C(C)(C)NC. The van der Waals surface area contributed by atoms with Gasteiger partial charge in [0.1, 0.15) is 5.82 Å². The number of aryl methyl sites for hydroxylation is 1. The zero-order chi connectivity index (χ0) is 12.2. The average molecular weight is 223 g/mol. The second-order valence-corrected chi connectivity index (χ2v) is 4.51. The summed E-state index contributed by atoms with van der Waals surface area (Å²) in [7, 11) is 1.80. The summed E-state index contributed by atoms with van der Waals surface area (Å²) in [5.41, 5.74) is -0.483. The Hall–Kier alpha value is -1.16. The molecular formula is C12H21N3O. The van der Waals surface area contributed by atoms with Crippen LogP contribution in [0.15, 0.2) is 12.4 Å². The van der Waals surface area contributed by atoms with Crippen LogP contribution in [0.25, 0.3) is 0 Å². The van der Waals surface area contributed by atoms with Gasteiger partial charge >= 0.3 is 0 Å². The van der Waals surface area contributed by atoms with Gasteiger partial charge in [-0.05, 0) is 27.3 Å². The third-order valence-electron chi connectivity index (χ3n) is 2.91. The molecule has 4 nitrogen and oxygen atoms in total. The minimum Gasteiger partial charge on any atom is -0.335 e. The first-order valence-electron chi connectivity index (χ1n) is 5.73. The molecule has 0 amide bonds. The van der Waals surface area contributed by atoms with E-state index in [1.807, 2.05) is 24.6 Å². The van der Waals surface area contributed by atoms with Crippen LogP contribution in [-0.2, 0) is 17.8 Å². The van der Waals surface area contributed by atoms with Crippen LogP contribution in [0.1, 0.15) is 33.0 Å². The third kappa shape index (κ3) is 2.92. The van der Waals surface area contributed by atoms with Gasteiger partial charge in [0.25, 0.3) is 0 Å². The molecule has 1 rings (SSSR count). The molecule has 0 saturated carbocycles. The Balaban J connectivity index is 2.73. The van der Waals surface area contributed by atoms with Gasteiger partial charge in [-0.15, -0.1) is 0 Å². The maximum absolute atomic E-state index is 12.0. The highest BCUT2D eigenvalue weighted by Crippen LogP contribution is 2.09. The van der Waals surface area contributed by atoms with Crippen molar-refractivity contribution in [3.8, 4) is 0 Å². The summed E-state index contributed by atoms with van der Waals surface area (Å²) in [6.45, 7) is 6.82. The van der Waals surface area contributed by atoms with E-state index in [1.54, 1.807) is 13.2 Å². The van der Waals surface area contributed by atoms with Crippen LogP contribution in [-0.4, -0.2) is 27.9 Å². The number of carbonyl (C=O) groups excluding carboxylic acids is 1. The third-order valence-corrected chi connectivity index (χ3v) is 2.91. The molecule has 90 valence electrons. The van der Waals surface area contributed by atoms with E-state index in [4.69, 9.17) is 0 Å². The normalized spacial score (nSPS) is 11.8. The molecule has 16 heavy (non-hydrogen) atoms. The van der Waals surface area contributed by atoms with E-state index in [0.717, 1.165) is 18.8 Å². The number of nitrogens with zero attached hydrogens (tertiary/aromatic N) is 2. The lowest BCUT2D eigenvalue weighted by Crippen LogP contribution is -2.45. The van der Waals surface area contributed by atoms with E-state index in [0.29, 0.717) is 6.42 Å². The summed E-state index contributed by atoms with van der Waals surface area (Å²) >= 11 is 0. The Morgan fingerprint density at radius 1 is 1.56 bits per heavy atom. The number of carbonyl (C=O) groups is 1. The lowest BCUT2D eigenvalue weighted by Gasteiger charge is -2.22. The van der Waals surface area contributed by atoms with Crippen LogP contribution in [0.2, 0.25) is 0 Å². The van der Waals surface area contributed by atoms with Gasteiger partial charge in [0.05, 0.1) is 12.0 Å². The van der Waals surface area contributed by atoms with E-state index >= 15 is 0 Å². The molecule has 0 radical (unpaired) electrons. The minimum atomic E-state index is -0.483. The predicted octanol–water partition coefficient (Wildman–Crippen LogP) is 1.40. The van der Waals surface area contributed by atoms with Crippen LogP contribution < -0.4 is 5.32 Å². The predicted molar refractivity (Wildman–Crippen MR) is 64.4 cm³/mol. The molecule has 0 fully saturated rings. The number of imidazole rings is 1. The highest BCUT2D eigenvalue weighted by atomic mass is 16.1. The van der Waals surface area contributed by atoms with Gasteiger partial charge < -0.3 is 9.88 Å². The second kappa shape index (κ2) is 5.25. The lowest BCUT2D eigenvalue weighted by atomic mass is 9.97. The standard InChI is InChI=1S/C12H21N3O/c1-5-7-15-8-6-14-11(15)9-10(16)12(2,3)13-4/h6,8,13H,5,7,9H2,1-4H3. The fourth-order valence-electron chi connectivity index (χ4n) is 1.46. The number of Topliss-reactive ketones (excluding diaryl/α,β-unsaturated/α-hetero) is 1. The molecular weight excluding hydrogens is 202 g/mol. The average Bonchev–Trinajstić information content (AvgIpc) is 2.66. The first-order valence-corrected chi connectivity index (χ1v) is 5.73. The Labute approximate surface area is 97.1 Å². The van der Waals surface area contributed by atoms with Crippen molar-refractivity contribution in [2.75, 3.05) is 7.05 Å². The summed E-state index contributed by atoms with van der Waals surface area (Å²) in [5, 5.41) is 3.02. The number of nitrogens with one attached hydrogen (secondary N) is 1. The number of likely N-dealkylation sites (N-methyl/N-ethyl adjacent to an activating group) is 1. The Morgan fingerprint density at radius 2 is 2.25 bits per heavy atom. The summed E-state index contributed by atoms with van der Waals surface area (Å²) in [6, 6.07) is 0. The van der Waals surface area contributed by atoms with Gasteiger partial charge in [-0.25, -0.2) is 4.98 Å². The van der Waals surface area contributed by atoms with Crippen molar-refractivity contribution in [1.82, 2.24) is 14.9 Å². The molecule has 1 heterocycles. The van der Waals surface area contributed by atoms with E-state index in [-0.39, 0.29) is 5.78 Å². The molecule has 0 aliphatic carbocycles. The summed E-state index contributed by atoms with van der Waals surface area (Å²) in [5.74, 6) is 1.02. The van der Waals surface area contributed by atoms with Crippen molar-refractivity contribution in [3.63, 3.8) is 0 Å². The molecule has 1 N–H and O–H groups in total. The zero-order valence-electron chi connectivity index (χ0n) is 10.6. The molecule has 0 bridgehead atoms. The van der Waals surface area contributed by atoms with Crippen molar-refractivity contribution < 1.29 is 4.79 Å². The molecule has 0 saturated heterocycles. The molecule has 0 aromatic carbocycles. The fraction of sp³-hybridized carbons (Fsp3) is 0.667. The highest BCUT2D eigenvalue weighted by molar-refractivity contribution is 5.88. The number of aromatic nitrogens is 2. The van der Waals surface area contributed by atoms with Crippen molar-refractivity contribution in [2.24, 2.45) is 0 Å². The highest BCUT2D eigenvalue weighted by Gasteiger charge is 2.26. The van der Waals surface area contributed by atoms with Gasteiger partial charge in [-0.1, -0.05) is 6.92 Å². The fourth-order valence-corrected chi connectivity index (χ4v) is 1.46. The Morgan fingerprint density at radius 3 is 2.81 bits per heavy atom. The van der Waals surface area contributed by atoms with Gasteiger partial charge in [-0.2, -0.15) is 0 Å². The smallest absolute Gasteiger partial charge is 0.159 e. The lowest BCUT2D eigenvalue weighted by molar-refractivity contribution is -0.123. The van der Waals surface area contributed by atoms with E-state index < -0.39 is 5.54 Å². The molecule has 0 unspecified atom stereocenters.